The van der Waals surface area contributed by atoms with Crippen molar-refractivity contribution in [2.75, 3.05) is 0 Å². The lowest BCUT2D eigenvalue weighted by atomic mass is 10.3. The van der Waals surface area contributed by atoms with Crippen LogP contribution < -0.4 is 4.72 Å². The number of hydrogen-bond donors (Lipinski definition) is 1. The van der Waals surface area contributed by atoms with Gasteiger partial charge in [-0.05, 0) is 30.3 Å². The van der Waals surface area contributed by atoms with Crippen molar-refractivity contribution in [3.05, 3.63) is 58.6 Å². The van der Waals surface area contributed by atoms with E-state index in [0.29, 0.717) is 10.2 Å². The van der Waals surface area contributed by atoms with Crippen LogP contribution in [0.5, 0.6) is 0 Å². The van der Waals surface area contributed by atoms with Gasteiger partial charge < -0.3 is 0 Å². The zero-order chi connectivity index (χ0) is 13.9. The predicted molar refractivity (Wildman–Crippen MR) is 72.4 cm³/mol. The second-order valence-electron chi connectivity index (χ2n) is 3.72. The number of nitrogens with zero attached hydrogens (tertiary/aromatic N) is 1. The summed E-state index contributed by atoms with van der Waals surface area (Å²) >= 11 is 3.07. The zero-order valence-corrected chi connectivity index (χ0v) is 12.1. The van der Waals surface area contributed by atoms with E-state index in [4.69, 9.17) is 0 Å². The van der Waals surface area contributed by atoms with Gasteiger partial charge in [-0.2, -0.15) is 0 Å². The topological polar surface area (TPSA) is 59.1 Å². The Hall–Kier alpha value is -1.31. The molecule has 0 saturated heterocycles. The highest BCUT2D eigenvalue weighted by molar-refractivity contribution is 9.10. The highest BCUT2D eigenvalue weighted by Crippen LogP contribution is 2.19. The van der Waals surface area contributed by atoms with E-state index in [1.165, 1.54) is 12.1 Å². The highest BCUT2D eigenvalue weighted by atomic mass is 79.9. The fourth-order valence-electron chi connectivity index (χ4n) is 1.44. The Balaban J connectivity index is 2.19. The number of sulfonamides is 1. The minimum absolute atomic E-state index is 0.0126. The van der Waals surface area contributed by atoms with E-state index >= 15 is 0 Å². The predicted octanol–water partition coefficient (Wildman–Crippen LogP) is 2.46. The van der Waals surface area contributed by atoms with Crippen LogP contribution in [0.15, 0.2) is 52.0 Å². The molecule has 2 rings (SSSR count). The van der Waals surface area contributed by atoms with Gasteiger partial charge in [-0.1, -0.05) is 22.0 Å². The van der Waals surface area contributed by atoms with E-state index in [1.807, 2.05) is 0 Å². The van der Waals surface area contributed by atoms with Gasteiger partial charge in [0.25, 0.3) is 0 Å². The molecule has 1 N–H and O–H groups in total. The van der Waals surface area contributed by atoms with Crippen LogP contribution in [0, 0.1) is 5.82 Å². The fraction of sp³-hybridized carbons (Fsp3) is 0.0833. The third-order valence-electron chi connectivity index (χ3n) is 2.35. The summed E-state index contributed by atoms with van der Waals surface area (Å²) in [4.78, 5) is 3.60. The molecule has 19 heavy (non-hydrogen) atoms. The number of benzene rings is 1. The van der Waals surface area contributed by atoms with Crippen molar-refractivity contribution >= 4 is 26.0 Å². The molecule has 0 fully saturated rings. The van der Waals surface area contributed by atoms with Gasteiger partial charge in [0.15, 0.2) is 0 Å². The minimum atomic E-state index is -3.89. The molecule has 0 aliphatic carbocycles. The molecular weight excluding hydrogens is 335 g/mol. The molecule has 0 saturated carbocycles. The van der Waals surface area contributed by atoms with Crippen molar-refractivity contribution in [2.45, 2.75) is 11.4 Å². The first-order valence-corrected chi connectivity index (χ1v) is 7.61. The molecule has 100 valence electrons. The Morgan fingerprint density at radius 1 is 1.26 bits per heavy atom. The summed E-state index contributed by atoms with van der Waals surface area (Å²) in [5.41, 5.74) is 0.559. The quantitative estimate of drug-likeness (QED) is 0.926. The molecule has 1 aromatic carbocycles. The van der Waals surface area contributed by atoms with E-state index in [1.54, 1.807) is 24.4 Å². The summed E-state index contributed by atoms with van der Waals surface area (Å²) in [5, 5.41) is 0. The van der Waals surface area contributed by atoms with Gasteiger partial charge in [-0.25, -0.2) is 17.5 Å². The van der Waals surface area contributed by atoms with Gasteiger partial charge in [-0.15, -0.1) is 0 Å². The molecule has 0 unspecified atom stereocenters. The first-order valence-electron chi connectivity index (χ1n) is 5.34. The van der Waals surface area contributed by atoms with Gasteiger partial charge in [0.2, 0.25) is 10.0 Å². The molecule has 0 amide bonds. The van der Waals surface area contributed by atoms with E-state index in [-0.39, 0.29) is 11.4 Å². The Morgan fingerprint density at radius 2 is 2.05 bits per heavy atom. The number of hydrogen-bond acceptors (Lipinski definition) is 3. The summed E-state index contributed by atoms with van der Waals surface area (Å²) in [5.74, 6) is -0.803. The maximum atomic E-state index is 13.6. The van der Waals surface area contributed by atoms with Crippen molar-refractivity contribution in [2.24, 2.45) is 0 Å². The molecule has 0 radical (unpaired) electrons. The molecule has 7 heteroatoms. The van der Waals surface area contributed by atoms with Crippen molar-refractivity contribution in [3.63, 3.8) is 0 Å². The van der Waals surface area contributed by atoms with Crippen LogP contribution in [0.25, 0.3) is 0 Å². The standard InChI is InChI=1S/C12H10BrFN2O2S/c13-9-4-5-12(11(14)7-9)19(17,18)16-8-10-3-1-2-6-15-10/h1-7,16H,8H2. The summed E-state index contributed by atoms with van der Waals surface area (Å²) in [7, 11) is -3.89. The Labute approximate surface area is 118 Å². The van der Waals surface area contributed by atoms with Gasteiger partial charge in [0, 0.05) is 10.7 Å². The number of halogens is 2. The number of aromatic nitrogens is 1. The van der Waals surface area contributed by atoms with Crippen LogP contribution >= 0.6 is 15.9 Å². The molecule has 0 aliphatic rings. The first-order chi connectivity index (χ1) is 8.99. The Kier molecular flexibility index (Phi) is 4.28. The molecular formula is C12H10BrFN2O2S. The Bertz CT molecular complexity index is 677. The van der Waals surface area contributed by atoms with Crippen LogP contribution in [0.2, 0.25) is 0 Å². The van der Waals surface area contributed by atoms with Crippen LogP contribution in [0.4, 0.5) is 4.39 Å². The van der Waals surface area contributed by atoms with E-state index in [9.17, 15) is 12.8 Å². The van der Waals surface area contributed by atoms with E-state index < -0.39 is 15.8 Å². The first kappa shape index (κ1) is 14.1. The molecule has 0 aliphatic heterocycles. The Morgan fingerprint density at radius 3 is 2.68 bits per heavy atom. The lowest BCUT2D eigenvalue weighted by molar-refractivity contribution is 0.556. The SMILES string of the molecule is O=S(=O)(NCc1ccccn1)c1ccc(Br)cc1F. The third-order valence-corrected chi connectivity index (χ3v) is 4.28. The highest BCUT2D eigenvalue weighted by Gasteiger charge is 2.18. The molecule has 0 atom stereocenters. The zero-order valence-electron chi connectivity index (χ0n) is 9.68. The molecule has 2 aromatic rings. The lowest BCUT2D eigenvalue weighted by Crippen LogP contribution is -2.24. The van der Waals surface area contributed by atoms with Gasteiger partial charge in [0.1, 0.15) is 10.7 Å². The minimum Gasteiger partial charge on any atom is -0.260 e. The summed E-state index contributed by atoms with van der Waals surface area (Å²) in [6.45, 7) is 0.0126. The van der Waals surface area contributed by atoms with E-state index in [2.05, 4.69) is 25.6 Å². The summed E-state index contributed by atoms with van der Waals surface area (Å²) in [6.07, 6.45) is 1.56. The largest absolute Gasteiger partial charge is 0.260 e. The molecule has 4 nitrogen and oxygen atoms in total. The third kappa shape index (κ3) is 3.59. The summed E-state index contributed by atoms with van der Waals surface area (Å²) < 4.78 is 40.3. The van der Waals surface area contributed by atoms with E-state index in [0.717, 1.165) is 6.07 Å². The van der Waals surface area contributed by atoms with Gasteiger partial charge in [-0.3, -0.25) is 4.98 Å². The molecule has 0 spiro atoms. The second kappa shape index (κ2) is 5.77. The van der Waals surface area contributed by atoms with Crippen molar-refractivity contribution in [1.82, 2.24) is 9.71 Å². The van der Waals surface area contributed by atoms with Crippen LogP contribution in [0.3, 0.4) is 0 Å². The molecule has 0 bridgehead atoms. The number of pyridine rings is 1. The average molecular weight is 345 g/mol. The fourth-order valence-corrected chi connectivity index (χ4v) is 2.83. The van der Waals surface area contributed by atoms with Crippen molar-refractivity contribution in [1.29, 1.82) is 0 Å². The van der Waals surface area contributed by atoms with Crippen molar-refractivity contribution in [3.8, 4) is 0 Å². The lowest BCUT2D eigenvalue weighted by Gasteiger charge is -2.07. The number of nitrogens with one attached hydrogen (secondary N) is 1. The smallest absolute Gasteiger partial charge is 0.243 e. The number of rotatable bonds is 4. The second-order valence-corrected chi connectivity index (χ2v) is 6.37. The van der Waals surface area contributed by atoms with Crippen LogP contribution in [-0.2, 0) is 16.6 Å². The maximum Gasteiger partial charge on any atom is 0.243 e. The van der Waals surface area contributed by atoms with Crippen molar-refractivity contribution < 1.29 is 12.8 Å². The van der Waals surface area contributed by atoms with Crippen LogP contribution in [0.1, 0.15) is 5.69 Å². The summed E-state index contributed by atoms with van der Waals surface area (Å²) in [6, 6.07) is 8.94. The van der Waals surface area contributed by atoms with Crippen LogP contribution in [-0.4, -0.2) is 13.4 Å². The maximum absolute atomic E-state index is 13.6. The van der Waals surface area contributed by atoms with Gasteiger partial charge in [0.05, 0.1) is 12.2 Å². The molecule has 1 heterocycles. The average Bonchev–Trinajstić information content (AvgIpc) is 2.37. The normalized spacial score (nSPS) is 11.5. The monoisotopic (exact) mass is 344 g/mol. The van der Waals surface area contributed by atoms with Gasteiger partial charge >= 0.3 is 0 Å². The molecule has 1 aromatic heterocycles.